The molecule has 0 unspecified atom stereocenters. The van der Waals surface area contributed by atoms with Crippen molar-refractivity contribution in [1.29, 1.82) is 0 Å². The Bertz CT molecular complexity index is 507. The maximum atomic E-state index is 6.21. The van der Waals surface area contributed by atoms with Gasteiger partial charge in [-0.3, -0.25) is 0 Å². The predicted molar refractivity (Wildman–Crippen MR) is 73.8 cm³/mol. The average molecular weight is 248 g/mol. The highest BCUT2D eigenvalue weighted by molar-refractivity contribution is 6.35. The van der Waals surface area contributed by atoms with Crippen LogP contribution in [-0.4, -0.2) is 4.98 Å². The Morgan fingerprint density at radius 3 is 2.59 bits per heavy atom. The van der Waals surface area contributed by atoms with Crippen molar-refractivity contribution in [3.05, 3.63) is 35.0 Å². The third-order valence-electron chi connectivity index (χ3n) is 3.99. The van der Waals surface area contributed by atoms with E-state index in [0.29, 0.717) is 0 Å². The number of fused-ring (bicyclic) bond motifs is 1. The number of H-pyrrole nitrogens is 1. The van der Waals surface area contributed by atoms with Crippen LogP contribution < -0.4 is 0 Å². The molecule has 1 fully saturated rings. The first-order valence-electron chi connectivity index (χ1n) is 6.62. The molecule has 2 aromatic rings. The van der Waals surface area contributed by atoms with Gasteiger partial charge in [0, 0.05) is 11.6 Å². The van der Waals surface area contributed by atoms with Crippen molar-refractivity contribution in [3.63, 3.8) is 0 Å². The van der Waals surface area contributed by atoms with Crippen molar-refractivity contribution in [2.45, 2.75) is 44.4 Å². The topological polar surface area (TPSA) is 15.8 Å². The Hall–Kier alpha value is -0.950. The van der Waals surface area contributed by atoms with Crippen LogP contribution in [-0.2, 0) is 0 Å². The lowest BCUT2D eigenvalue weighted by Gasteiger charge is -2.12. The fourth-order valence-corrected chi connectivity index (χ4v) is 3.30. The number of benzene rings is 1. The van der Waals surface area contributed by atoms with Crippen LogP contribution in [0.4, 0.5) is 0 Å². The number of halogens is 1. The van der Waals surface area contributed by atoms with E-state index in [0.717, 1.165) is 16.5 Å². The van der Waals surface area contributed by atoms with E-state index in [9.17, 15) is 0 Å². The summed E-state index contributed by atoms with van der Waals surface area (Å²) in [5.41, 5.74) is 2.58. The highest BCUT2D eigenvalue weighted by atomic mass is 35.5. The van der Waals surface area contributed by atoms with Crippen LogP contribution in [0.25, 0.3) is 10.9 Å². The van der Waals surface area contributed by atoms with Gasteiger partial charge in [-0.05, 0) is 30.4 Å². The van der Waals surface area contributed by atoms with E-state index in [2.05, 4.69) is 23.3 Å². The summed E-state index contributed by atoms with van der Waals surface area (Å²) in [7, 11) is 0. The third kappa shape index (κ3) is 2.09. The molecule has 0 saturated heterocycles. The van der Waals surface area contributed by atoms with E-state index >= 15 is 0 Å². The third-order valence-corrected chi connectivity index (χ3v) is 4.31. The minimum absolute atomic E-state index is 0.727. The van der Waals surface area contributed by atoms with Crippen LogP contribution >= 0.6 is 11.6 Å². The quantitative estimate of drug-likeness (QED) is 0.662. The van der Waals surface area contributed by atoms with Crippen molar-refractivity contribution in [2.24, 2.45) is 0 Å². The first kappa shape index (κ1) is 11.2. The van der Waals surface area contributed by atoms with Gasteiger partial charge in [-0.2, -0.15) is 0 Å². The summed E-state index contributed by atoms with van der Waals surface area (Å²) in [6, 6.07) is 6.20. The molecule has 1 aliphatic rings. The Morgan fingerprint density at radius 1 is 1.06 bits per heavy atom. The van der Waals surface area contributed by atoms with Crippen LogP contribution in [0.15, 0.2) is 24.4 Å². The lowest BCUT2D eigenvalue weighted by Crippen LogP contribution is -1.95. The van der Waals surface area contributed by atoms with Crippen LogP contribution in [0.3, 0.4) is 0 Å². The van der Waals surface area contributed by atoms with Gasteiger partial charge in [0.15, 0.2) is 0 Å². The van der Waals surface area contributed by atoms with E-state index in [1.54, 1.807) is 0 Å². The predicted octanol–water partition coefficient (Wildman–Crippen LogP) is 5.26. The minimum Gasteiger partial charge on any atom is -0.360 e. The fourth-order valence-electron chi connectivity index (χ4n) is 3.07. The smallest absolute Gasteiger partial charge is 0.0647 e. The first-order valence-corrected chi connectivity index (χ1v) is 6.99. The summed E-state index contributed by atoms with van der Waals surface area (Å²) in [4.78, 5) is 3.34. The Labute approximate surface area is 107 Å². The first-order chi connectivity index (χ1) is 8.36. The van der Waals surface area contributed by atoms with Crippen molar-refractivity contribution < 1.29 is 0 Å². The molecule has 1 saturated carbocycles. The van der Waals surface area contributed by atoms with Crippen molar-refractivity contribution in [3.8, 4) is 0 Å². The van der Waals surface area contributed by atoms with Gasteiger partial charge in [-0.15, -0.1) is 0 Å². The second-order valence-corrected chi connectivity index (χ2v) is 5.50. The zero-order valence-corrected chi connectivity index (χ0v) is 10.8. The second-order valence-electron chi connectivity index (χ2n) is 5.09. The molecular formula is C15H18ClN. The summed E-state index contributed by atoms with van der Waals surface area (Å²) in [5.74, 6) is 0.727. The van der Waals surface area contributed by atoms with Crippen molar-refractivity contribution in [2.75, 3.05) is 0 Å². The molecule has 1 aromatic heterocycles. The van der Waals surface area contributed by atoms with Gasteiger partial charge in [0.1, 0.15) is 0 Å². The van der Waals surface area contributed by atoms with Crippen LogP contribution in [0.5, 0.6) is 0 Å². The number of hydrogen-bond acceptors (Lipinski definition) is 0. The Kier molecular flexibility index (Phi) is 3.11. The maximum Gasteiger partial charge on any atom is 0.0647 e. The molecule has 17 heavy (non-hydrogen) atoms. The largest absolute Gasteiger partial charge is 0.360 e. The molecule has 1 aliphatic carbocycles. The Balaban J connectivity index is 2.02. The van der Waals surface area contributed by atoms with Crippen LogP contribution in [0.2, 0.25) is 5.02 Å². The molecule has 90 valence electrons. The Morgan fingerprint density at radius 2 is 1.82 bits per heavy atom. The summed E-state index contributed by atoms with van der Waals surface area (Å²) in [6.07, 6.45) is 10.4. The molecule has 3 rings (SSSR count). The molecule has 2 heteroatoms. The van der Waals surface area contributed by atoms with Gasteiger partial charge in [0.2, 0.25) is 0 Å². The van der Waals surface area contributed by atoms with Gasteiger partial charge >= 0.3 is 0 Å². The molecular weight excluding hydrogens is 230 g/mol. The average Bonchev–Trinajstić information content (AvgIpc) is 2.59. The van der Waals surface area contributed by atoms with E-state index in [1.165, 1.54) is 49.5 Å². The molecule has 1 N–H and O–H groups in total. The molecule has 1 aromatic carbocycles. The van der Waals surface area contributed by atoms with Gasteiger partial charge in [-0.1, -0.05) is 49.4 Å². The number of para-hydroxylation sites is 1. The lowest BCUT2D eigenvalue weighted by molar-refractivity contribution is 0.596. The standard InChI is InChI=1S/C15H18ClN/c16-14-9-5-8-12-13(10-17-15(12)14)11-6-3-1-2-4-7-11/h5,8-11,17H,1-4,6-7H2. The fraction of sp³-hybridized carbons (Fsp3) is 0.467. The SMILES string of the molecule is Clc1cccc2c(C3CCCCCC3)c[nH]c12. The van der Waals surface area contributed by atoms with Gasteiger partial charge in [0.25, 0.3) is 0 Å². The van der Waals surface area contributed by atoms with E-state index in [4.69, 9.17) is 11.6 Å². The molecule has 0 aliphatic heterocycles. The normalized spacial score (nSPS) is 18.4. The van der Waals surface area contributed by atoms with Crippen molar-refractivity contribution in [1.82, 2.24) is 4.98 Å². The highest BCUT2D eigenvalue weighted by Crippen LogP contribution is 2.36. The lowest BCUT2D eigenvalue weighted by atomic mass is 9.91. The minimum atomic E-state index is 0.727. The molecule has 0 amide bonds. The second kappa shape index (κ2) is 4.73. The number of hydrogen-bond donors (Lipinski definition) is 1. The van der Waals surface area contributed by atoms with E-state index in [1.807, 2.05) is 6.07 Å². The van der Waals surface area contributed by atoms with Gasteiger partial charge in [-0.25, -0.2) is 0 Å². The van der Waals surface area contributed by atoms with E-state index in [-0.39, 0.29) is 0 Å². The molecule has 1 nitrogen and oxygen atoms in total. The molecule has 1 heterocycles. The summed E-state index contributed by atoms with van der Waals surface area (Å²) in [6.45, 7) is 0. The van der Waals surface area contributed by atoms with E-state index < -0.39 is 0 Å². The van der Waals surface area contributed by atoms with Crippen molar-refractivity contribution >= 4 is 22.5 Å². The molecule has 0 spiro atoms. The van der Waals surface area contributed by atoms with Crippen LogP contribution in [0.1, 0.15) is 50.0 Å². The highest BCUT2D eigenvalue weighted by Gasteiger charge is 2.18. The van der Waals surface area contributed by atoms with Gasteiger partial charge < -0.3 is 4.98 Å². The van der Waals surface area contributed by atoms with Crippen LogP contribution in [0, 0.1) is 0 Å². The zero-order chi connectivity index (χ0) is 11.7. The number of nitrogens with one attached hydrogen (secondary N) is 1. The molecule has 0 atom stereocenters. The number of rotatable bonds is 1. The van der Waals surface area contributed by atoms with Gasteiger partial charge in [0.05, 0.1) is 10.5 Å². The monoisotopic (exact) mass is 247 g/mol. The summed E-state index contributed by atoms with van der Waals surface area (Å²) < 4.78 is 0. The number of aromatic nitrogens is 1. The molecule has 0 bridgehead atoms. The zero-order valence-electron chi connectivity index (χ0n) is 10.0. The number of aromatic amines is 1. The summed E-state index contributed by atoms with van der Waals surface area (Å²) in [5, 5.41) is 2.16. The molecule has 0 radical (unpaired) electrons. The summed E-state index contributed by atoms with van der Waals surface area (Å²) >= 11 is 6.21. The maximum absolute atomic E-state index is 6.21.